The molecule has 0 bridgehead atoms. The molecule has 1 heterocycles. The zero-order valence-electron chi connectivity index (χ0n) is 13.6. The number of amides is 2. The Balaban J connectivity index is 1.92. The van der Waals surface area contributed by atoms with Crippen molar-refractivity contribution >= 4 is 6.03 Å². The molecule has 1 aromatic carbocycles. The number of carbonyl (C=O) groups is 1. The van der Waals surface area contributed by atoms with Gasteiger partial charge in [-0.1, -0.05) is 19.1 Å². The van der Waals surface area contributed by atoms with Crippen LogP contribution >= 0.6 is 0 Å². The number of nitrogens with one attached hydrogen (secondary N) is 1. The lowest BCUT2D eigenvalue weighted by Gasteiger charge is -2.29. The third-order valence-electron chi connectivity index (χ3n) is 4.21. The molecule has 0 aromatic heterocycles. The Bertz CT molecular complexity index is 499. The Morgan fingerprint density at radius 3 is 2.64 bits per heavy atom. The summed E-state index contributed by atoms with van der Waals surface area (Å²) in [6.45, 7) is 4.39. The summed E-state index contributed by atoms with van der Waals surface area (Å²) in [6, 6.07) is 7.68. The van der Waals surface area contributed by atoms with E-state index in [4.69, 9.17) is 4.74 Å². The quantitative estimate of drug-likeness (QED) is 0.814. The first kappa shape index (κ1) is 16.6. The van der Waals surface area contributed by atoms with Crippen LogP contribution in [-0.4, -0.2) is 41.5 Å². The SMILES string of the molecule is CCCN1C(=O)NC(C)(O)C1CCCc1ccc(OC)cc1. The minimum absolute atomic E-state index is 0.165. The van der Waals surface area contributed by atoms with Crippen LogP contribution in [0, 0.1) is 0 Å². The van der Waals surface area contributed by atoms with Crippen LogP contribution in [0.2, 0.25) is 0 Å². The molecule has 0 aliphatic carbocycles. The molecule has 2 unspecified atom stereocenters. The zero-order valence-corrected chi connectivity index (χ0v) is 13.6. The first-order chi connectivity index (χ1) is 10.5. The van der Waals surface area contributed by atoms with E-state index in [9.17, 15) is 9.90 Å². The number of urea groups is 1. The minimum Gasteiger partial charge on any atom is -0.497 e. The Morgan fingerprint density at radius 2 is 2.05 bits per heavy atom. The fraction of sp³-hybridized carbons (Fsp3) is 0.588. The van der Waals surface area contributed by atoms with Crippen LogP contribution < -0.4 is 10.1 Å². The van der Waals surface area contributed by atoms with E-state index in [1.165, 1.54) is 5.56 Å². The molecule has 122 valence electrons. The molecular weight excluding hydrogens is 280 g/mol. The Hall–Kier alpha value is -1.75. The minimum atomic E-state index is -1.15. The summed E-state index contributed by atoms with van der Waals surface area (Å²) in [5.74, 6) is 0.853. The maximum Gasteiger partial charge on any atom is 0.320 e. The molecule has 1 saturated heterocycles. The predicted octanol–water partition coefficient (Wildman–Crippen LogP) is 2.53. The van der Waals surface area contributed by atoms with Gasteiger partial charge in [0.15, 0.2) is 5.72 Å². The largest absolute Gasteiger partial charge is 0.497 e. The summed E-state index contributed by atoms with van der Waals surface area (Å²) in [5.41, 5.74) is 0.0892. The highest BCUT2D eigenvalue weighted by Crippen LogP contribution is 2.26. The molecule has 22 heavy (non-hydrogen) atoms. The molecule has 1 fully saturated rings. The normalized spacial score (nSPS) is 24.5. The van der Waals surface area contributed by atoms with Crippen molar-refractivity contribution in [3.05, 3.63) is 29.8 Å². The molecular formula is C17H26N2O3. The van der Waals surface area contributed by atoms with Gasteiger partial charge in [0.25, 0.3) is 0 Å². The van der Waals surface area contributed by atoms with Gasteiger partial charge >= 0.3 is 6.03 Å². The molecule has 2 N–H and O–H groups in total. The standard InChI is InChI=1S/C17H26N2O3/c1-4-12-19-15(17(2,21)18-16(19)20)7-5-6-13-8-10-14(22-3)11-9-13/h8-11,15,21H,4-7,12H2,1-3H3,(H,18,20). The smallest absolute Gasteiger partial charge is 0.320 e. The van der Waals surface area contributed by atoms with Gasteiger partial charge in [0.05, 0.1) is 13.2 Å². The van der Waals surface area contributed by atoms with Gasteiger partial charge in [0, 0.05) is 6.54 Å². The maximum atomic E-state index is 11.9. The number of aliphatic hydroxyl groups is 1. The molecule has 1 aliphatic heterocycles. The van der Waals surface area contributed by atoms with Crippen molar-refractivity contribution in [2.75, 3.05) is 13.7 Å². The summed E-state index contributed by atoms with van der Waals surface area (Å²) in [5, 5.41) is 13.1. The fourth-order valence-electron chi connectivity index (χ4n) is 3.04. The number of benzene rings is 1. The molecule has 2 rings (SSSR count). The van der Waals surface area contributed by atoms with Crippen molar-refractivity contribution in [2.45, 2.75) is 51.3 Å². The highest BCUT2D eigenvalue weighted by Gasteiger charge is 2.45. The van der Waals surface area contributed by atoms with Crippen LogP contribution in [-0.2, 0) is 6.42 Å². The van der Waals surface area contributed by atoms with E-state index in [1.54, 1.807) is 18.9 Å². The number of nitrogens with zero attached hydrogens (tertiary/aromatic N) is 1. The topological polar surface area (TPSA) is 61.8 Å². The number of ether oxygens (including phenoxy) is 1. The van der Waals surface area contributed by atoms with Gasteiger partial charge < -0.3 is 20.1 Å². The average molecular weight is 306 g/mol. The van der Waals surface area contributed by atoms with Crippen molar-refractivity contribution in [1.29, 1.82) is 0 Å². The van der Waals surface area contributed by atoms with Gasteiger partial charge in [0.1, 0.15) is 5.75 Å². The second-order valence-electron chi connectivity index (χ2n) is 6.03. The van der Waals surface area contributed by atoms with Crippen LogP contribution in [0.5, 0.6) is 5.75 Å². The average Bonchev–Trinajstić information content (AvgIpc) is 2.70. The molecule has 0 saturated carbocycles. The summed E-state index contributed by atoms with van der Waals surface area (Å²) >= 11 is 0. The Morgan fingerprint density at radius 1 is 1.36 bits per heavy atom. The molecule has 2 atom stereocenters. The van der Waals surface area contributed by atoms with Crippen LogP contribution in [0.1, 0.15) is 38.7 Å². The van der Waals surface area contributed by atoms with Crippen LogP contribution in [0.3, 0.4) is 0 Å². The molecule has 1 aromatic rings. The Kier molecular flexibility index (Phi) is 5.29. The molecule has 0 spiro atoms. The lowest BCUT2D eigenvalue weighted by Crippen LogP contribution is -2.47. The van der Waals surface area contributed by atoms with Crippen molar-refractivity contribution in [3.8, 4) is 5.75 Å². The number of hydrogen-bond donors (Lipinski definition) is 2. The number of carbonyl (C=O) groups excluding carboxylic acids is 1. The maximum absolute atomic E-state index is 11.9. The monoisotopic (exact) mass is 306 g/mol. The van der Waals surface area contributed by atoms with E-state index < -0.39 is 5.72 Å². The van der Waals surface area contributed by atoms with E-state index in [0.29, 0.717) is 6.54 Å². The number of methoxy groups -OCH3 is 1. The van der Waals surface area contributed by atoms with Crippen LogP contribution in [0.25, 0.3) is 0 Å². The second kappa shape index (κ2) is 7.01. The zero-order chi connectivity index (χ0) is 16.2. The summed E-state index contributed by atoms with van der Waals surface area (Å²) < 4.78 is 5.15. The summed E-state index contributed by atoms with van der Waals surface area (Å²) in [4.78, 5) is 13.7. The molecule has 5 nitrogen and oxygen atoms in total. The Labute approximate surface area is 132 Å². The first-order valence-electron chi connectivity index (χ1n) is 7.92. The van der Waals surface area contributed by atoms with E-state index in [2.05, 4.69) is 17.4 Å². The lowest BCUT2D eigenvalue weighted by atomic mass is 9.98. The number of rotatable bonds is 7. The van der Waals surface area contributed by atoms with Crippen molar-refractivity contribution in [3.63, 3.8) is 0 Å². The third kappa shape index (κ3) is 3.71. The number of aryl methyl sites for hydroxylation is 1. The van der Waals surface area contributed by atoms with Crippen molar-refractivity contribution in [1.82, 2.24) is 10.2 Å². The van der Waals surface area contributed by atoms with E-state index in [-0.39, 0.29) is 12.1 Å². The fourth-order valence-corrected chi connectivity index (χ4v) is 3.04. The van der Waals surface area contributed by atoms with Gasteiger partial charge in [-0.05, 0) is 50.3 Å². The van der Waals surface area contributed by atoms with Gasteiger partial charge in [0.2, 0.25) is 0 Å². The first-order valence-corrected chi connectivity index (χ1v) is 7.92. The second-order valence-corrected chi connectivity index (χ2v) is 6.03. The lowest BCUT2D eigenvalue weighted by molar-refractivity contribution is 0.00108. The molecule has 1 aliphatic rings. The summed E-state index contributed by atoms with van der Waals surface area (Å²) in [6.07, 6.45) is 3.50. The highest BCUT2D eigenvalue weighted by atomic mass is 16.5. The van der Waals surface area contributed by atoms with Crippen molar-refractivity contribution in [2.24, 2.45) is 0 Å². The third-order valence-corrected chi connectivity index (χ3v) is 4.21. The van der Waals surface area contributed by atoms with Crippen LogP contribution in [0.4, 0.5) is 4.79 Å². The van der Waals surface area contributed by atoms with Gasteiger partial charge in [-0.2, -0.15) is 0 Å². The molecule has 5 heteroatoms. The summed E-state index contributed by atoms with van der Waals surface area (Å²) in [7, 11) is 1.66. The predicted molar refractivity (Wildman–Crippen MR) is 85.9 cm³/mol. The van der Waals surface area contributed by atoms with Crippen molar-refractivity contribution < 1.29 is 14.6 Å². The van der Waals surface area contributed by atoms with Gasteiger partial charge in [-0.15, -0.1) is 0 Å². The van der Waals surface area contributed by atoms with E-state index in [0.717, 1.165) is 31.4 Å². The van der Waals surface area contributed by atoms with Crippen LogP contribution in [0.15, 0.2) is 24.3 Å². The van der Waals surface area contributed by atoms with E-state index in [1.807, 2.05) is 19.1 Å². The van der Waals surface area contributed by atoms with Gasteiger partial charge in [-0.3, -0.25) is 0 Å². The highest BCUT2D eigenvalue weighted by molar-refractivity contribution is 5.78. The molecule has 2 amide bonds. The number of hydrogen-bond acceptors (Lipinski definition) is 3. The van der Waals surface area contributed by atoms with Gasteiger partial charge in [-0.25, -0.2) is 4.79 Å². The van der Waals surface area contributed by atoms with E-state index >= 15 is 0 Å². The molecule has 0 radical (unpaired) electrons.